The van der Waals surface area contributed by atoms with Crippen LogP contribution >= 0.6 is 0 Å². The molecule has 4 nitrogen and oxygen atoms in total. The van der Waals surface area contributed by atoms with Crippen LogP contribution in [0.2, 0.25) is 0 Å². The third-order valence-corrected chi connectivity index (χ3v) is 2.78. The lowest BCUT2D eigenvalue weighted by Gasteiger charge is -2.15. The van der Waals surface area contributed by atoms with E-state index in [4.69, 9.17) is 22.9 Å². The monoisotopic (exact) mass is 228 g/mol. The molecule has 1 atom stereocenters. The van der Waals surface area contributed by atoms with Crippen LogP contribution in [0.5, 0.6) is 0 Å². The van der Waals surface area contributed by atoms with Crippen molar-refractivity contribution in [3.05, 3.63) is 53.6 Å². The molecule has 1 unspecified atom stereocenters. The molecule has 0 spiro atoms. The summed E-state index contributed by atoms with van der Waals surface area (Å²) in [6.45, 7) is 0. The molecule has 0 saturated heterocycles. The standard InChI is InChI=1S/C13H16N4/c14-10-6-9(7-11(15)13(10)17)12(16)8-4-2-1-3-5-8/h1-7,12H,14-17H2. The van der Waals surface area contributed by atoms with Crippen LogP contribution in [0, 0.1) is 0 Å². The van der Waals surface area contributed by atoms with Crippen molar-refractivity contribution < 1.29 is 0 Å². The predicted octanol–water partition coefficient (Wildman–Crippen LogP) is 1.48. The summed E-state index contributed by atoms with van der Waals surface area (Å²) in [4.78, 5) is 0. The highest BCUT2D eigenvalue weighted by atomic mass is 14.7. The molecule has 0 saturated carbocycles. The first kappa shape index (κ1) is 11.3. The van der Waals surface area contributed by atoms with Gasteiger partial charge in [0.25, 0.3) is 0 Å². The summed E-state index contributed by atoms with van der Waals surface area (Å²) in [5.41, 5.74) is 26.6. The Bertz CT molecular complexity index is 499. The molecule has 2 aromatic carbocycles. The highest BCUT2D eigenvalue weighted by Crippen LogP contribution is 2.29. The Labute approximate surface area is 100 Å². The number of nitrogen functional groups attached to an aromatic ring is 3. The Morgan fingerprint density at radius 2 is 1.29 bits per heavy atom. The van der Waals surface area contributed by atoms with Crippen LogP contribution in [0.1, 0.15) is 17.2 Å². The van der Waals surface area contributed by atoms with Gasteiger partial charge in [0.2, 0.25) is 0 Å². The van der Waals surface area contributed by atoms with Crippen molar-refractivity contribution in [2.45, 2.75) is 6.04 Å². The molecular formula is C13H16N4. The van der Waals surface area contributed by atoms with E-state index in [0.29, 0.717) is 17.1 Å². The summed E-state index contributed by atoms with van der Waals surface area (Å²) >= 11 is 0. The highest BCUT2D eigenvalue weighted by molar-refractivity contribution is 5.78. The Morgan fingerprint density at radius 1 is 0.765 bits per heavy atom. The smallest absolute Gasteiger partial charge is 0.0781 e. The molecule has 8 N–H and O–H groups in total. The minimum absolute atomic E-state index is 0.249. The number of benzene rings is 2. The van der Waals surface area contributed by atoms with E-state index in [2.05, 4.69) is 0 Å². The van der Waals surface area contributed by atoms with E-state index < -0.39 is 0 Å². The van der Waals surface area contributed by atoms with Gasteiger partial charge in [0.15, 0.2) is 0 Å². The van der Waals surface area contributed by atoms with Crippen LogP contribution < -0.4 is 22.9 Å². The Morgan fingerprint density at radius 3 is 1.82 bits per heavy atom. The average molecular weight is 228 g/mol. The van der Waals surface area contributed by atoms with E-state index in [1.165, 1.54) is 0 Å². The van der Waals surface area contributed by atoms with Gasteiger partial charge in [-0.1, -0.05) is 30.3 Å². The van der Waals surface area contributed by atoms with E-state index in [1.54, 1.807) is 12.1 Å². The van der Waals surface area contributed by atoms with Crippen LogP contribution in [-0.4, -0.2) is 0 Å². The van der Waals surface area contributed by atoms with Gasteiger partial charge in [0.1, 0.15) is 0 Å². The van der Waals surface area contributed by atoms with Crippen molar-refractivity contribution in [3.63, 3.8) is 0 Å². The first-order chi connectivity index (χ1) is 8.09. The molecule has 0 aliphatic rings. The fourth-order valence-electron chi connectivity index (χ4n) is 1.76. The van der Waals surface area contributed by atoms with Gasteiger partial charge in [-0.15, -0.1) is 0 Å². The van der Waals surface area contributed by atoms with Gasteiger partial charge in [-0.2, -0.15) is 0 Å². The van der Waals surface area contributed by atoms with Crippen molar-refractivity contribution >= 4 is 17.1 Å². The highest BCUT2D eigenvalue weighted by Gasteiger charge is 2.11. The number of nitrogens with two attached hydrogens (primary N) is 4. The quantitative estimate of drug-likeness (QED) is 0.584. The largest absolute Gasteiger partial charge is 0.397 e. The summed E-state index contributed by atoms with van der Waals surface area (Å²) in [7, 11) is 0. The number of hydrogen-bond acceptors (Lipinski definition) is 4. The van der Waals surface area contributed by atoms with Crippen molar-refractivity contribution in [3.8, 4) is 0 Å². The minimum Gasteiger partial charge on any atom is -0.397 e. The summed E-state index contributed by atoms with van der Waals surface area (Å²) in [6, 6.07) is 13.1. The van der Waals surface area contributed by atoms with Gasteiger partial charge in [0.05, 0.1) is 23.1 Å². The molecule has 17 heavy (non-hydrogen) atoms. The van der Waals surface area contributed by atoms with Crippen LogP contribution in [0.3, 0.4) is 0 Å². The number of rotatable bonds is 2. The fourth-order valence-corrected chi connectivity index (χ4v) is 1.76. The maximum absolute atomic E-state index is 6.15. The average Bonchev–Trinajstić information content (AvgIpc) is 2.35. The Kier molecular flexibility index (Phi) is 2.89. The maximum atomic E-state index is 6.15. The molecule has 0 fully saturated rings. The molecule has 88 valence electrons. The van der Waals surface area contributed by atoms with Crippen molar-refractivity contribution in [1.82, 2.24) is 0 Å². The van der Waals surface area contributed by atoms with Crippen LogP contribution in [-0.2, 0) is 0 Å². The summed E-state index contributed by atoms with van der Waals surface area (Å²) in [6.07, 6.45) is 0. The van der Waals surface area contributed by atoms with E-state index >= 15 is 0 Å². The van der Waals surface area contributed by atoms with Gasteiger partial charge in [-0.25, -0.2) is 0 Å². The molecule has 0 aliphatic heterocycles. The lowest BCUT2D eigenvalue weighted by molar-refractivity contribution is 0.873. The number of anilines is 3. The van der Waals surface area contributed by atoms with Crippen molar-refractivity contribution in [2.75, 3.05) is 17.2 Å². The number of hydrogen-bond donors (Lipinski definition) is 4. The molecule has 0 aliphatic carbocycles. The zero-order chi connectivity index (χ0) is 12.4. The molecule has 0 bridgehead atoms. The summed E-state index contributed by atoms with van der Waals surface area (Å²) in [5, 5.41) is 0. The second-order valence-electron chi connectivity index (χ2n) is 4.00. The zero-order valence-corrected chi connectivity index (χ0v) is 9.43. The Balaban J connectivity index is 2.41. The molecule has 0 radical (unpaired) electrons. The Hall–Kier alpha value is -2.20. The second-order valence-corrected chi connectivity index (χ2v) is 4.00. The molecule has 0 heterocycles. The van der Waals surface area contributed by atoms with Gasteiger partial charge in [0, 0.05) is 0 Å². The third kappa shape index (κ3) is 2.16. The lowest BCUT2D eigenvalue weighted by atomic mass is 9.98. The molecular weight excluding hydrogens is 212 g/mol. The van der Waals surface area contributed by atoms with Gasteiger partial charge >= 0.3 is 0 Å². The molecule has 4 heteroatoms. The van der Waals surface area contributed by atoms with Crippen LogP contribution in [0.15, 0.2) is 42.5 Å². The maximum Gasteiger partial charge on any atom is 0.0781 e. The van der Waals surface area contributed by atoms with Crippen LogP contribution in [0.4, 0.5) is 17.1 Å². The topological polar surface area (TPSA) is 104 Å². The summed E-state index contributed by atoms with van der Waals surface area (Å²) < 4.78 is 0. The third-order valence-electron chi connectivity index (χ3n) is 2.78. The van der Waals surface area contributed by atoms with E-state index in [0.717, 1.165) is 11.1 Å². The minimum atomic E-state index is -0.249. The van der Waals surface area contributed by atoms with Crippen LogP contribution in [0.25, 0.3) is 0 Å². The zero-order valence-electron chi connectivity index (χ0n) is 9.43. The summed E-state index contributed by atoms with van der Waals surface area (Å²) in [5.74, 6) is 0. The van der Waals surface area contributed by atoms with E-state index in [9.17, 15) is 0 Å². The fraction of sp³-hybridized carbons (Fsp3) is 0.0769. The molecule has 0 amide bonds. The van der Waals surface area contributed by atoms with Gasteiger partial charge < -0.3 is 22.9 Å². The van der Waals surface area contributed by atoms with E-state index in [1.807, 2.05) is 30.3 Å². The SMILES string of the molecule is Nc1cc(C(N)c2ccccc2)cc(N)c1N. The van der Waals surface area contributed by atoms with Gasteiger partial charge in [-0.05, 0) is 23.3 Å². The first-order valence-corrected chi connectivity index (χ1v) is 5.34. The lowest BCUT2D eigenvalue weighted by Crippen LogP contribution is -2.13. The second kappa shape index (κ2) is 4.35. The van der Waals surface area contributed by atoms with E-state index in [-0.39, 0.29) is 6.04 Å². The van der Waals surface area contributed by atoms with Crippen molar-refractivity contribution in [1.29, 1.82) is 0 Å². The molecule has 2 aromatic rings. The van der Waals surface area contributed by atoms with Gasteiger partial charge in [-0.3, -0.25) is 0 Å². The molecule has 2 rings (SSSR count). The van der Waals surface area contributed by atoms with Crippen molar-refractivity contribution in [2.24, 2.45) is 5.73 Å². The first-order valence-electron chi connectivity index (χ1n) is 5.34. The predicted molar refractivity (Wildman–Crippen MR) is 72.2 cm³/mol. The molecule has 0 aromatic heterocycles. The normalized spacial score (nSPS) is 12.3.